The van der Waals surface area contributed by atoms with Crippen molar-refractivity contribution in [3.8, 4) is 0 Å². The first kappa shape index (κ1) is 7.12. The van der Waals surface area contributed by atoms with Crippen LogP contribution in [0, 0.1) is 0 Å². The number of nitrogens with zero attached hydrogens (tertiary/aromatic N) is 2. The molecule has 0 aromatic carbocycles. The van der Waals surface area contributed by atoms with Crippen molar-refractivity contribution in [2.24, 2.45) is 0 Å². The van der Waals surface area contributed by atoms with Crippen LogP contribution >= 0.6 is 0 Å². The number of rotatable bonds is 3. The summed E-state index contributed by atoms with van der Waals surface area (Å²) in [5.41, 5.74) is 0. The number of anilines is 1. The van der Waals surface area contributed by atoms with Gasteiger partial charge in [-0.15, -0.1) is 0 Å². The number of nitrogens with one attached hydrogen (secondary N) is 1. The van der Waals surface area contributed by atoms with E-state index in [2.05, 4.69) is 28.7 Å². The first-order valence-corrected chi connectivity index (χ1v) is 3.63. The summed E-state index contributed by atoms with van der Waals surface area (Å²) < 4.78 is 2.07. The van der Waals surface area contributed by atoms with Crippen LogP contribution in [0.1, 0.15) is 13.8 Å². The highest BCUT2D eigenvalue weighted by molar-refractivity contribution is 5.24. The monoisotopic (exact) mass is 139 g/mol. The second kappa shape index (κ2) is 3.25. The number of aryl methyl sites for hydroxylation is 1. The van der Waals surface area contributed by atoms with Gasteiger partial charge in [0.2, 0.25) is 5.95 Å². The summed E-state index contributed by atoms with van der Waals surface area (Å²) in [6, 6.07) is 0. The third-order valence-electron chi connectivity index (χ3n) is 1.39. The summed E-state index contributed by atoms with van der Waals surface area (Å²) in [6.07, 6.45) is 3.78. The van der Waals surface area contributed by atoms with Crippen molar-refractivity contribution in [1.82, 2.24) is 9.55 Å². The molecule has 1 aromatic rings. The fourth-order valence-electron chi connectivity index (χ4n) is 0.890. The van der Waals surface area contributed by atoms with Gasteiger partial charge in [0.25, 0.3) is 0 Å². The molecule has 1 N–H and O–H groups in total. The lowest BCUT2D eigenvalue weighted by Gasteiger charge is -2.03. The van der Waals surface area contributed by atoms with Gasteiger partial charge >= 0.3 is 0 Å². The van der Waals surface area contributed by atoms with Gasteiger partial charge in [-0.1, -0.05) is 0 Å². The highest BCUT2D eigenvalue weighted by Gasteiger charge is 1.95. The summed E-state index contributed by atoms with van der Waals surface area (Å²) in [5, 5.41) is 3.16. The van der Waals surface area contributed by atoms with Gasteiger partial charge in [0.1, 0.15) is 0 Å². The normalized spacial score (nSPS) is 9.80. The number of aromatic nitrogens is 2. The second-order valence-corrected chi connectivity index (χ2v) is 2.07. The smallest absolute Gasteiger partial charge is 0.202 e. The maximum atomic E-state index is 4.13. The van der Waals surface area contributed by atoms with Crippen LogP contribution in [0.4, 0.5) is 5.95 Å². The molecule has 0 unspecified atom stereocenters. The van der Waals surface area contributed by atoms with Crippen LogP contribution in [-0.4, -0.2) is 16.1 Å². The molecule has 0 atom stereocenters. The largest absolute Gasteiger partial charge is 0.356 e. The van der Waals surface area contributed by atoms with Crippen LogP contribution in [0.2, 0.25) is 0 Å². The quantitative estimate of drug-likeness (QED) is 0.684. The van der Waals surface area contributed by atoms with E-state index in [1.165, 1.54) is 0 Å². The van der Waals surface area contributed by atoms with Crippen LogP contribution in [0.5, 0.6) is 0 Å². The molecule has 10 heavy (non-hydrogen) atoms. The van der Waals surface area contributed by atoms with Gasteiger partial charge in [-0.25, -0.2) is 4.98 Å². The van der Waals surface area contributed by atoms with E-state index in [1.54, 1.807) is 0 Å². The van der Waals surface area contributed by atoms with Gasteiger partial charge in [0.15, 0.2) is 0 Å². The molecule has 0 aliphatic heterocycles. The zero-order valence-electron chi connectivity index (χ0n) is 6.46. The molecule has 0 amide bonds. The Kier molecular flexibility index (Phi) is 2.31. The van der Waals surface area contributed by atoms with E-state index >= 15 is 0 Å². The highest BCUT2D eigenvalue weighted by atomic mass is 15.2. The van der Waals surface area contributed by atoms with Crippen LogP contribution in [0.25, 0.3) is 0 Å². The lowest BCUT2D eigenvalue weighted by Crippen LogP contribution is -2.04. The Morgan fingerprint density at radius 3 is 3.00 bits per heavy atom. The maximum absolute atomic E-state index is 4.13. The van der Waals surface area contributed by atoms with E-state index in [4.69, 9.17) is 0 Å². The van der Waals surface area contributed by atoms with Crippen molar-refractivity contribution in [3.05, 3.63) is 12.4 Å². The van der Waals surface area contributed by atoms with Gasteiger partial charge in [0, 0.05) is 25.5 Å². The van der Waals surface area contributed by atoms with Crippen molar-refractivity contribution in [2.45, 2.75) is 20.4 Å². The predicted octanol–water partition coefficient (Wildman–Crippen LogP) is 1.33. The zero-order chi connectivity index (χ0) is 7.40. The van der Waals surface area contributed by atoms with Crippen LogP contribution in [0.3, 0.4) is 0 Å². The molecular weight excluding hydrogens is 126 g/mol. The summed E-state index contributed by atoms with van der Waals surface area (Å²) >= 11 is 0. The SMILES string of the molecule is CCNc1nccn1CC. The van der Waals surface area contributed by atoms with Crippen LogP contribution in [-0.2, 0) is 6.54 Å². The Balaban J connectivity index is 2.70. The maximum Gasteiger partial charge on any atom is 0.202 e. The lowest BCUT2D eigenvalue weighted by molar-refractivity contribution is 0.765. The van der Waals surface area contributed by atoms with Crippen molar-refractivity contribution in [2.75, 3.05) is 11.9 Å². The minimum absolute atomic E-state index is 0.928. The standard InChI is InChI=1S/C7H13N3/c1-3-8-7-9-5-6-10(7)4-2/h5-6H,3-4H2,1-2H3,(H,8,9). The van der Waals surface area contributed by atoms with Crippen molar-refractivity contribution in [1.29, 1.82) is 0 Å². The Hall–Kier alpha value is -0.990. The van der Waals surface area contributed by atoms with Gasteiger partial charge < -0.3 is 9.88 Å². The van der Waals surface area contributed by atoms with Crippen molar-refractivity contribution < 1.29 is 0 Å². The third-order valence-corrected chi connectivity index (χ3v) is 1.39. The van der Waals surface area contributed by atoms with Gasteiger partial charge in [-0.3, -0.25) is 0 Å². The summed E-state index contributed by atoms with van der Waals surface area (Å²) in [7, 11) is 0. The molecule has 0 saturated heterocycles. The summed E-state index contributed by atoms with van der Waals surface area (Å²) in [6.45, 7) is 6.07. The van der Waals surface area contributed by atoms with E-state index in [0.29, 0.717) is 0 Å². The predicted molar refractivity (Wildman–Crippen MR) is 42.1 cm³/mol. The molecule has 0 radical (unpaired) electrons. The van der Waals surface area contributed by atoms with E-state index in [-0.39, 0.29) is 0 Å². The Morgan fingerprint density at radius 2 is 2.40 bits per heavy atom. The average molecular weight is 139 g/mol. The molecule has 1 heterocycles. The Morgan fingerprint density at radius 1 is 1.60 bits per heavy atom. The van der Waals surface area contributed by atoms with Crippen molar-refractivity contribution >= 4 is 5.95 Å². The topological polar surface area (TPSA) is 29.9 Å². The second-order valence-electron chi connectivity index (χ2n) is 2.07. The van der Waals surface area contributed by atoms with Gasteiger partial charge in [-0.2, -0.15) is 0 Å². The number of hydrogen-bond donors (Lipinski definition) is 1. The van der Waals surface area contributed by atoms with Crippen molar-refractivity contribution in [3.63, 3.8) is 0 Å². The highest BCUT2D eigenvalue weighted by Crippen LogP contribution is 2.01. The molecule has 0 aliphatic rings. The first-order valence-electron chi connectivity index (χ1n) is 3.63. The first-order chi connectivity index (χ1) is 4.88. The molecule has 1 rings (SSSR count). The molecule has 0 saturated carbocycles. The number of imidazole rings is 1. The summed E-state index contributed by atoms with van der Waals surface area (Å²) in [4.78, 5) is 4.13. The number of hydrogen-bond acceptors (Lipinski definition) is 2. The van der Waals surface area contributed by atoms with E-state index < -0.39 is 0 Å². The molecule has 3 nitrogen and oxygen atoms in total. The van der Waals surface area contributed by atoms with Gasteiger partial charge in [0.05, 0.1) is 0 Å². The fourth-order valence-corrected chi connectivity index (χ4v) is 0.890. The van der Waals surface area contributed by atoms with E-state index in [9.17, 15) is 0 Å². The fraction of sp³-hybridized carbons (Fsp3) is 0.571. The molecule has 3 heteroatoms. The average Bonchev–Trinajstić information content (AvgIpc) is 2.36. The Labute approximate surface area is 61.1 Å². The molecule has 0 bridgehead atoms. The minimum atomic E-state index is 0.928. The van der Waals surface area contributed by atoms with E-state index in [0.717, 1.165) is 19.0 Å². The molecular formula is C7H13N3. The van der Waals surface area contributed by atoms with Gasteiger partial charge in [-0.05, 0) is 13.8 Å². The Bertz CT molecular complexity index is 192. The van der Waals surface area contributed by atoms with E-state index in [1.807, 2.05) is 12.4 Å². The molecule has 0 fully saturated rings. The summed E-state index contributed by atoms with van der Waals surface area (Å²) in [5.74, 6) is 0.963. The molecule has 1 aromatic heterocycles. The molecule has 0 aliphatic carbocycles. The van der Waals surface area contributed by atoms with Crippen LogP contribution < -0.4 is 5.32 Å². The third kappa shape index (κ3) is 1.29. The van der Waals surface area contributed by atoms with Crippen LogP contribution in [0.15, 0.2) is 12.4 Å². The lowest BCUT2D eigenvalue weighted by atomic mass is 10.7. The minimum Gasteiger partial charge on any atom is -0.356 e. The zero-order valence-corrected chi connectivity index (χ0v) is 6.46. The molecule has 56 valence electrons. The molecule has 0 spiro atoms.